The molecule has 0 radical (unpaired) electrons. The lowest BCUT2D eigenvalue weighted by molar-refractivity contribution is -0.128. The summed E-state index contributed by atoms with van der Waals surface area (Å²) in [5.41, 5.74) is 2.35. The predicted octanol–water partition coefficient (Wildman–Crippen LogP) is 5.14. The zero-order valence-corrected chi connectivity index (χ0v) is 16.9. The fourth-order valence-electron chi connectivity index (χ4n) is 4.03. The molecule has 0 aromatic heterocycles. The van der Waals surface area contributed by atoms with Crippen molar-refractivity contribution < 1.29 is 4.79 Å². The first-order chi connectivity index (χ1) is 14.7. The molecule has 4 rings (SSSR count). The standard InChI is InChI=1S/C26H25N3O/c27-18-24(19-28-25-11-10-22-8-4-5-9-23(22)17-25)26(30)29-14-12-21(13-15-29)16-20-6-2-1-3-7-20/h1-11,17,19,21,28H,12-16H2/b24-19-. The fraction of sp³-hybridized carbons (Fsp3) is 0.231. The van der Waals surface area contributed by atoms with Gasteiger partial charge in [-0.15, -0.1) is 0 Å². The van der Waals surface area contributed by atoms with Crippen LogP contribution in [-0.2, 0) is 11.2 Å². The number of fused-ring (bicyclic) bond motifs is 1. The number of nitrogens with zero attached hydrogens (tertiary/aromatic N) is 2. The molecule has 0 spiro atoms. The molecule has 1 aliphatic rings. The third kappa shape index (κ3) is 4.69. The molecule has 3 aromatic rings. The highest BCUT2D eigenvalue weighted by molar-refractivity contribution is 5.97. The minimum absolute atomic E-state index is 0.143. The number of rotatable bonds is 5. The number of anilines is 1. The first-order valence-electron chi connectivity index (χ1n) is 10.4. The van der Waals surface area contributed by atoms with Gasteiger partial charge in [-0.1, -0.05) is 60.7 Å². The molecule has 0 aliphatic carbocycles. The number of hydrogen-bond acceptors (Lipinski definition) is 3. The third-order valence-electron chi connectivity index (χ3n) is 5.75. The molecule has 30 heavy (non-hydrogen) atoms. The molecule has 1 N–H and O–H groups in total. The average molecular weight is 396 g/mol. The summed E-state index contributed by atoms with van der Waals surface area (Å²) >= 11 is 0. The van der Waals surface area contributed by atoms with E-state index >= 15 is 0 Å². The average Bonchev–Trinajstić information content (AvgIpc) is 2.80. The van der Waals surface area contributed by atoms with E-state index in [0.29, 0.717) is 19.0 Å². The van der Waals surface area contributed by atoms with Crippen LogP contribution in [0.4, 0.5) is 5.69 Å². The summed E-state index contributed by atoms with van der Waals surface area (Å²) in [6.45, 7) is 1.40. The molecule has 0 saturated carbocycles. The highest BCUT2D eigenvalue weighted by Crippen LogP contribution is 2.23. The first kappa shape index (κ1) is 19.7. The van der Waals surface area contributed by atoms with Gasteiger partial charge in [-0.3, -0.25) is 4.79 Å². The normalized spacial score (nSPS) is 15.0. The summed E-state index contributed by atoms with van der Waals surface area (Å²) < 4.78 is 0. The topological polar surface area (TPSA) is 56.1 Å². The molecule has 0 unspecified atom stereocenters. The molecular formula is C26H25N3O. The van der Waals surface area contributed by atoms with Crippen LogP contribution in [0.25, 0.3) is 10.8 Å². The second-order valence-corrected chi connectivity index (χ2v) is 7.80. The van der Waals surface area contributed by atoms with E-state index in [4.69, 9.17) is 0 Å². The Morgan fingerprint density at radius 3 is 2.43 bits per heavy atom. The minimum Gasteiger partial charge on any atom is -0.360 e. The molecule has 3 aromatic carbocycles. The van der Waals surface area contributed by atoms with E-state index in [2.05, 4.69) is 41.7 Å². The largest absolute Gasteiger partial charge is 0.360 e. The van der Waals surface area contributed by atoms with Crippen molar-refractivity contribution >= 4 is 22.4 Å². The van der Waals surface area contributed by atoms with Gasteiger partial charge < -0.3 is 10.2 Å². The Balaban J connectivity index is 1.36. The lowest BCUT2D eigenvalue weighted by Gasteiger charge is -2.32. The Kier molecular flexibility index (Phi) is 6.10. The van der Waals surface area contributed by atoms with Crippen LogP contribution in [0.5, 0.6) is 0 Å². The Hall–Kier alpha value is -3.58. The van der Waals surface area contributed by atoms with Gasteiger partial charge in [-0.2, -0.15) is 5.26 Å². The molecule has 0 bridgehead atoms. The first-order valence-corrected chi connectivity index (χ1v) is 10.4. The Morgan fingerprint density at radius 2 is 1.70 bits per heavy atom. The molecule has 1 saturated heterocycles. The predicted molar refractivity (Wildman–Crippen MR) is 121 cm³/mol. The van der Waals surface area contributed by atoms with E-state index in [9.17, 15) is 10.1 Å². The number of carbonyl (C=O) groups is 1. The van der Waals surface area contributed by atoms with Crippen LogP contribution in [0.3, 0.4) is 0 Å². The maximum absolute atomic E-state index is 12.8. The van der Waals surface area contributed by atoms with Gasteiger partial charge in [0.25, 0.3) is 5.91 Å². The van der Waals surface area contributed by atoms with Crippen LogP contribution < -0.4 is 5.32 Å². The number of likely N-dealkylation sites (tertiary alicyclic amines) is 1. The Bertz CT molecular complexity index is 1090. The van der Waals surface area contributed by atoms with Crippen LogP contribution in [-0.4, -0.2) is 23.9 Å². The fourth-order valence-corrected chi connectivity index (χ4v) is 4.03. The van der Waals surface area contributed by atoms with Crippen LogP contribution in [0.15, 0.2) is 84.6 Å². The maximum atomic E-state index is 12.8. The zero-order chi connectivity index (χ0) is 20.8. The highest BCUT2D eigenvalue weighted by Gasteiger charge is 2.25. The lowest BCUT2D eigenvalue weighted by Crippen LogP contribution is -2.39. The number of amides is 1. The molecule has 1 aliphatic heterocycles. The third-order valence-corrected chi connectivity index (χ3v) is 5.75. The molecule has 4 nitrogen and oxygen atoms in total. The van der Waals surface area contributed by atoms with E-state index in [0.717, 1.165) is 35.7 Å². The summed E-state index contributed by atoms with van der Waals surface area (Å²) in [4.78, 5) is 14.6. The monoisotopic (exact) mass is 395 g/mol. The second kappa shape index (κ2) is 9.28. The highest BCUT2D eigenvalue weighted by atomic mass is 16.2. The lowest BCUT2D eigenvalue weighted by atomic mass is 9.90. The van der Waals surface area contributed by atoms with Crippen molar-refractivity contribution in [3.05, 3.63) is 90.1 Å². The zero-order valence-electron chi connectivity index (χ0n) is 16.9. The van der Waals surface area contributed by atoms with Gasteiger partial charge in [0.15, 0.2) is 0 Å². The number of hydrogen-bond donors (Lipinski definition) is 1. The van der Waals surface area contributed by atoms with E-state index in [1.165, 1.54) is 11.8 Å². The van der Waals surface area contributed by atoms with E-state index in [-0.39, 0.29) is 11.5 Å². The van der Waals surface area contributed by atoms with Crippen LogP contribution in [0.2, 0.25) is 0 Å². The van der Waals surface area contributed by atoms with Crippen molar-refractivity contribution in [1.82, 2.24) is 4.90 Å². The van der Waals surface area contributed by atoms with Crippen molar-refractivity contribution in [3.63, 3.8) is 0 Å². The van der Waals surface area contributed by atoms with E-state index in [1.807, 2.05) is 42.5 Å². The number of nitriles is 1. The Labute approximate surface area is 177 Å². The summed E-state index contributed by atoms with van der Waals surface area (Å²) in [5, 5.41) is 14.9. The number of nitrogens with one attached hydrogen (secondary N) is 1. The molecule has 150 valence electrons. The van der Waals surface area contributed by atoms with E-state index < -0.39 is 0 Å². The van der Waals surface area contributed by atoms with Gasteiger partial charge in [0.05, 0.1) is 0 Å². The molecule has 1 heterocycles. The Morgan fingerprint density at radius 1 is 1.00 bits per heavy atom. The minimum atomic E-state index is -0.191. The smallest absolute Gasteiger partial charge is 0.266 e. The molecular weight excluding hydrogens is 370 g/mol. The maximum Gasteiger partial charge on any atom is 0.266 e. The van der Waals surface area contributed by atoms with Gasteiger partial charge in [-0.25, -0.2) is 0 Å². The van der Waals surface area contributed by atoms with E-state index in [1.54, 1.807) is 4.90 Å². The molecule has 0 atom stereocenters. The number of benzene rings is 3. The van der Waals surface area contributed by atoms with Crippen molar-refractivity contribution in [2.45, 2.75) is 19.3 Å². The second-order valence-electron chi connectivity index (χ2n) is 7.80. The summed E-state index contributed by atoms with van der Waals surface area (Å²) in [6, 6.07) is 26.6. The van der Waals surface area contributed by atoms with Crippen LogP contribution in [0.1, 0.15) is 18.4 Å². The van der Waals surface area contributed by atoms with Crippen LogP contribution in [0, 0.1) is 17.2 Å². The van der Waals surface area contributed by atoms with Gasteiger partial charge in [-0.05, 0) is 53.6 Å². The number of carbonyl (C=O) groups excluding carboxylic acids is 1. The molecule has 1 fully saturated rings. The van der Waals surface area contributed by atoms with Gasteiger partial charge in [0.2, 0.25) is 0 Å². The summed E-state index contributed by atoms with van der Waals surface area (Å²) in [5.74, 6) is 0.394. The molecule has 1 amide bonds. The van der Waals surface area contributed by atoms with Gasteiger partial charge >= 0.3 is 0 Å². The van der Waals surface area contributed by atoms with Crippen LogP contribution >= 0.6 is 0 Å². The van der Waals surface area contributed by atoms with Gasteiger partial charge in [0.1, 0.15) is 11.6 Å². The van der Waals surface area contributed by atoms with Crippen molar-refractivity contribution in [2.24, 2.45) is 5.92 Å². The summed E-state index contributed by atoms with van der Waals surface area (Å²) in [7, 11) is 0. The molecule has 4 heteroatoms. The number of piperidine rings is 1. The summed E-state index contributed by atoms with van der Waals surface area (Å²) in [6.07, 6.45) is 4.52. The van der Waals surface area contributed by atoms with Crippen molar-refractivity contribution in [2.75, 3.05) is 18.4 Å². The van der Waals surface area contributed by atoms with Crippen molar-refractivity contribution in [3.8, 4) is 6.07 Å². The quantitative estimate of drug-likeness (QED) is 0.481. The van der Waals surface area contributed by atoms with Gasteiger partial charge in [0, 0.05) is 25.0 Å². The SMILES string of the molecule is N#C/C(=C/Nc1ccc2ccccc2c1)C(=O)N1CCC(Cc2ccccc2)CC1. The van der Waals surface area contributed by atoms with Crippen molar-refractivity contribution in [1.29, 1.82) is 5.26 Å².